The fraction of sp³-hybridized carbons (Fsp3) is 0.929. The molecule has 0 heterocycles. The van der Waals surface area contributed by atoms with E-state index < -0.39 is 78.2 Å². The lowest BCUT2D eigenvalue weighted by molar-refractivity contribution is -0.840. The van der Waals surface area contributed by atoms with Crippen LogP contribution in [-0.4, -0.2) is 85.9 Å². The van der Waals surface area contributed by atoms with Crippen LogP contribution in [0.2, 0.25) is 0 Å². The van der Waals surface area contributed by atoms with Crippen LogP contribution in [0, 0.1) is 5.21 Å². The first kappa shape index (κ1) is 30.4. The minimum atomic E-state index is -7.51. The van der Waals surface area contributed by atoms with Crippen molar-refractivity contribution in [3.8, 4) is 0 Å². The van der Waals surface area contributed by atoms with Gasteiger partial charge in [-0.2, -0.15) is 26.3 Å². The molecule has 1 fully saturated rings. The van der Waals surface area contributed by atoms with E-state index in [1.165, 1.54) is 0 Å². The molecule has 0 aromatic rings. The van der Waals surface area contributed by atoms with E-state index in [0.717, 1.165) is 19.4 Å². The Kier molecular flexibility index (Phi) is 7.56. The predicted molar refractivity (Wildman–Crippen MR) is 78.6 cm³/mol. The number of amides is 1. The lowest BCUT2D eigenvalue weighted by Gasteiger charge is -2.53. The minimum Gasteiger partial charge on any atom is -0.633 e. The molecule has 0 aromatic carbocycles. The average molecular weight is 540 g/mol. The second-order valence-electron chi connectivity index (χ2n) is 7.47. The Morgan fingerprint density at radius 3 is 1.76 bits per heavy atom. The minimum absolute atomic E-state index is 0.519. The van der Waals surface area contributed by atoms with Gasteiger partial charge >= 0.3 is 42.0 Å². The smallest absolute Gasteiger partial charge is 0.525 e. The number of rotatable bonds is 7. The van der Waals surface area contributed by atoms with Gasteiger partial charge in [0.1, 0.15) is 0 Å². The lowest BCUT2D eigenvalue weighted by Crippen LogP contribution is -2.86. The first-order valence-electron chi connectivity index (χ1n) is 8.52. The van der Waals surface area contributed by atoms with Crippen molar-refractivity contribution < 1.29 is 80.4 Å². The molecule has 20 heteroatoms. The molecule has 202 valence electrons. The molecule has 0 spiro atoms. The number of quaternary nitrogens is 1. The molecule has 0 aromatic heterocycles. The highest BCUT2D eigenvalue weighted by Crippen LogP contribution is 2.66. The zero-order chi connectivity index (χ0) is 27.4. The Bertz CT molecular complexity index is 765. The highest BCUT2D eigenvalue weighted by atomic mass is 19.4. The zero-order valence-corrected chi connectivity index (χ0v) is 16.6. The highest BCUT2D eigenvalue weighted by molar-refractivity contribution is 5.88. The molecular formula is C14H14F14N2O4. The third-order valence-corrected chi connectivity index (χ3v) is 4.37. The SMILES string of the molecule is C[N+](C)([O-])CCCNC(=O)C1(F)C(F)(F)C(OC(F)(F)F)C(F)(OC(F)(F)F)C(F)(F)C1(F)F. The Hall–Kier alpha value is -1.67. The molecule has 1 N–H and O–H groups in total. The number of hydroxylamine groups is 3. The third kappa shape index (κ3) is 5.13. The van der Waals surface area contributed by atoms with Gasteiger partial charge in [-0.15, -0.1) is 26.3 Å². The summed E-state index contributed by atoms with van der Waals surface area (Å²) < 4.78 is 192. The van der Waals surface area contributed by atoms with Crippen LogP contribution in [0.25, 0.3) is 0 Å². The molecule has 34 heavy (non-hydrogen) atoms. The Balaban J connectivity index is 3.66. The van der Waals surface area contributed by atoms with Crippen LogP contribution >= 0.6 is 0 Å². The van der Waals surface area contributed by atoms with Crippen molar-refractivity contribution in [1.29, 1.82) is 0 Å². The summed E-state index contributed by atoms with van der Waals surface area (Å²) in [5, 5.41) is 12.2. The highest BCUT2D eigenvalue weighted by Gasteiger charge is 2.97. The second kappa shape index (κ2) is 8.47. The van der Waals surface area contributed by atoms with Gasteiger partial charge in [-0.25, -0.2) is 13.5 Å². The molecule has 0 radical (unpaired) electrons. The van der Waals surface area contributed by atoms with Gasteiger partial charge in [-0.1, -0.05) is 0 Å². The van der Waals surface area contributed by atoms with E-state index in [2.05, 4.69) is 4.74 Å². The van der Waals surface area contributed by atoms with E-state index in [0.29, 0.717) is 0 Å². The number of nitrogens with one attached hydrogen (secondary N) is 1. The van der Waals surface area contributed by atoms with E-state index in [1.807, 2.05) is 4.74 Å². The maximum Gasteiger partial charge on any atom is 0.525 e. The summed E-state index contributed by atoms with van der Waals surface area (Å²) in [5.74, 6) is -32.6. The van der Waals surface area contributed by atoms with Crippen LogP contribution in [-0.2, 0) is 14.3 Å². The molecule has 1 amide bonds. The normalized spacial score (nSPS) is 31.3. The van der Waals surface area contributed by atoms with Gasteiger partial charge in [0, 0.05) is 13.0 Å². The van der Waals surface area contributed by atoms with Gasteiger partial charge in [-0.3, -0.25) is 9.53 Å². The van der Waals surface area contributed by atoms with Crippen molar-refractivity contribution in [2.45, 2.75) is 54.5 Å². The standard InChI is InChI=1S/C14H14F14N2O4/c1-30(2,32)5-3-4-29-7(31)8(15)9(16,17)6(33-13(23,24)25)10(18,34-14(26,27)28)12(21,22)11(8,19)20/h6H,3-5H2,1-2H3,(H,29,31). The van der Waals surface area contributed by atoms with Gasteiger partial charge in [0.05, 0.1) is 20.6 Å². The maximum atomic E-state index is 14.9. The summed E-state index contributed by atoms with van der Waals surface area (Å²) in [5.41, 5.74) is -6.80. The third-order valence-electron chi connectivity index (χ3n) is 4.37. The molecule has 1 aliphatic rings. The molecule has 3 unspecified atom stereocenters. The fourth-order valence-electron chi connectivity index (χ4n) is 2.87. The number of nitrogens with zero attached hydrogens (tertiary/aromatic N) is 1. The van der Waals surface area contributed by atoms with Crippen molar-refractivity contribution in [3.05, 3.63) is 5.21 Å². The van der Waals surface area contributed by atoms with Crippen LogP contribution in [0.1, 0.15) is 6.42 Å². The quantitative estimate of drug-likeness (QED) is 0.231. The van der Waals surface area contributed by atoms with Crippen LogP contribution in [0.3, 0.4) is 0 Å². The summed E-state index contributed by atoms with van der Waals surface area (Å²) in [6.45, 7) is -1.69. The largest absolute Gasteiger partial charge is 0.633 e. The van der Waals surface area contributed by atoms with E-state index in [1.54, 1.807) is 0 Å². The van der Waals surface area contributed by atoms with Crippen molar-refractivity contribution in [2.75, 3.05) is 27.2 Å². The van der Waals surface area contributed by atoms with Crippen LogP contribution in [0.15, 0.2) is 0 Å². The monoisotopic (exact) mass is 540 g/mol. The summed E-state index contributed by atoms with van der Waals surface area (Å²) >= 11 is 0. The maximum absolute atomic E-state index is 14.9. The second-order valence-corrected chi connectivity index (χ2v) is 7.47. The molecule has 1 saturated carbocycles. The first-order chi connectivity index (χ1) is 14.7. The van der Waals surface area contributed by atoms with Crippen molar-refractivity contribution in [3.63, 3.8) is 0 Å². The number of carbonyl (C=O) groups is 1. The van der Waals surface area contributed by atoms with Crippen LogP contribution in [0.4, 0.5) is 61.5 Å². The first-order valence-corrected chi connectivity index (χ1v) is 8.52. The number of hydrogen-bond donors (Lipinski definition) is 1. The number of hydrogen-bond acceptors (Lipinski definition) is 4. The number of halogens is 14. The molecule has 1 rings (SSSR count). The topological polar surface area (TPSA) is 70.6 Å². The van der Waals surface area contributed by atoms with Gasteiger partial charge < -0.3 is 15.2 Å². The molecule has 1 aliphatic carbocycles. The molecule has 3 atom stereocenters. The summed E-state index contributed by atoms with van der Waals surface area (Å²) in [4.78, 5) is 11.8. The van der Waals surface area contributed by atoms with Gasteiger partial charge in [0.25, 0.3) is 5.91 Å². The molecule has 6 nitrogen and oxygen atoms in total. The Labute approximate surface area is 179 Å². The number of alkyl halides is 14. The van der Waals surface area contributed by atoms with Gasteiger partial charge in [0.2, 0.25) is 0 Å². The Morgan fingerprint density at radius 1 is 0.912 bits per heavy atom. The fourth-order valence-corrected chi connectivity index (χ4v) is 2.87. The lowest BCUT2D eigenvalue weighted by atomic mass is 9.71. The van der Waals surface area contributed by atoms with E-state index in [9.17, 15) is 71.5 Å². The van der Waals surface area contributed by atoms with E-state index >= 15 is 0 Å². The molecule has 0 bridgehead atoms. The molecule has 0 aliphatic heterocycles. The number of ether oxygens (including phenoxy) is 2. The summed E-state index contributed by atoms with van der Waals surface area (Å²) in [6.07, 6.45) is -20.1. The summed E-state index contributed by atoms with van der Waals surface area (Å²) in [6, 6.07) is 0. The van der Waals surface area contributed by atoms with Crippen molar-refractivity contribution >= 4 is 5.91 Å². The average Bonchev–Trinajstić information content (AvgIpc) is 2.57. The molecular weight excluding hydrogens is 526 g/mol. The Morgan fingerprint density at radius 2 is 1.38 bits per heavy atom. The molecule has 0 saturated heterocycles. The summed E-state index contributed by atoms with van der Waals surface area (Å²) in [7, 11) is 1.95. The zero-order valence-electron chi connectivity index (χ0n) is 16.6. The number of carbonyl (C=O) groups excluding carboxylic acids is 1. The van der Waals surface area contributed by atoms with Gasteiger partial charge in [-0.05, 0) is 0 Å². The van der Waals surface area contributed by atoms with Crippen LogP contribution < -0.4 is 5.32 Å². The predicted octanol–water partition coefficient (Wildman–Crippen LogP) is 3.80. The van der Waals surface area contributed by atoms with Gasteiger partial charge in [0.15, 0.2) is 6.10 Å². The van der Waals surface area contributed by atoms with Crippen LogP contribution in [0.5, 0.6) is 0 Å². The van der Waals surface area contributed by atoms with Crippen molar-refractivity contribution in [1.82, 2.24) is 5.32 Å². The van der Waals surface area contributed by atoms with E-state index in [4.69, 9.17) is 0 Å². The van der Waals surface area contributed by atoms with E-state index in [-0.39, 0.29) is 0 Å². The van der Waals surface area contributed by atoms with Crippen molar-refractivity contribution in [2.24, 2.45) is 0 Å².